The Bertz CT molecular complexity index is 826. The Morgan fingerprint density at radius 2 is 1.83 bits per heavy atom. The van der Waals surface area contributed by atoms with E-state index in [2.05, 4.69) is 30.3 Å². The van der Waals surface area contributed by atoms with E-state index in [-0.39, 0.29) is 11.7 Å². The van der Waals surface area contributed by atoms with E-state index in [1.165, 1.54) is 22.4 Å². The van der Waals surface area contributed by atoms with E-state index in [0.717, 1.165) is 17.7 Å². The smallest absolute Gasteiger partial charge is 0.123 e. The lowest BCUT2D eigenvalue weighted by Crippen LogP contribution is -2.16. The third kappa shape index (κ3) is 3.41. The van der Waals surface area contributed by atoms with Gasteiger partial charge in [-0.2, -0.15) is 0 Å². The second kappa shape index (κ2) is 7.45. The van der Waals surface area contributed by atoms with Crippen LogP contribution in [0.15, 0.2) is 60.7 Å². The quantitative estimate of drug-likeness (QED) is 0.716. The molecule has 3 heteroatoms. The molecule has 0 aromatic heterocycles. The summed E-state index contributed by atoms with van der Waals surface area (Å²) in [7, 11) is 0. The molecule has 0 radical (unpaired) electrons. The van der Waals surface area contributed by atoms with Crippen molar-refractivity contribution in [3.63, 3.8) is 0 Å². The summed E-state index contributed by atoms with van der Waals surface area (Å²) in [5.74, 6) is 0.465. The molecular weight excluding hydrogens is 301 g/mol. The van der Waals surface area contributed by atoms with Gasteiger partial charge >= 0.3 is 0 Å². The number of rotatable bonds is 6. The molecule has 124 valence electrons. The van der Waals surface area contributed by atoms with Crippen LogP contribution in [-0.4, -0.2) is 13.2 Å². The van der Waals surface area contributed by atoms with Crippen molar-refractivity contribution < 1.29 is 9.13 Å². The van der Waals surface area contributed by atoms with Crippen molar-refractivity contribution in [3.05, 3.63) is 77.6 Å². The molecular formula is C21H22FNO. The third-order valence-electron chi connectivity index (χ3n) is 4.34. The van der Waals surface area contributed by atoms with Gasteiger partial charge in [-0.05, 0) is 54.4 Å². The monoisotopic (exact) mass is 323 g/mol. The predicted molar refractivity (Wildman–Crippen MR) is 97.0 cm³/mol. The topological polar surface area (TPSA) is 35.2 Å². The highest BCUT2D eigenvalue weighted by atomic mass is 19.1. The molecule has 0 spiro atoms. The fraction of sp³-hybridized carbons (Fsp3) is 0.238. The Labute approximate surface area is 142 Å². The summed E-state index contributed by atoms with van der Waals surface area (Å²) < 4.78 is 19.5. The molecule has 2 nitrogen and oxygen atoms in total. The second-order valence-corrected chi connectivity index (χ2v) is 5.89. The minimum atomic E-state index is -0.259. The highest BCUT2D eigenvalue weighted by Crippen LogP contribution is 2.31. The van der Waals surface area contributed by atoms with Gasteiger partial charge in [0, 0.05) is 11.5 Å². The van der Waals surface area contributed by atoms with E-state index in [4.69, 9.17) is 10.5 Å². The molecule has 0 aliphatic rings. The number of benzene rings is 3. The summed E-state index contributed by atoms with van der Waals surface area (Å²) in [5.41, 5.74) is 8.09. The lowest BCUT2D eigenvalue weighted by atomic mass is 9.89. The van der Waals surface area contributed by atoms with Crippen LogP contribution in [0.4, 0.5) is 4.39 Å². The van der Waals surface area contributed by atoms with Crippen LogP contribution in [0, 0.1) is 5.82 Å². The average Bonchev–Trinajstić information content (AvgIpc) is 2.61. The molecule has 0 fully saturated rings. The molecule has 1 atom stereocenters. The summed E-state index contributed by atoms with van der Waals surface area (Å²) >= 11 is 0. The van der Waals surface area contributed by atoms with Gasteiger partial charge in [0.05, 0.1) is 6.61 Å². The Balaban J connectivity index is 1.99. The van der Waals surface area contributed by atoms with E-state index >= 15 is 0 Å². The number of hydrogen-bond donors (Lipinski definition) is 1. The van der Waals surface area contributed by atoms with Crippen molar-refractivity contribution in [3.8, 4) is 5.75 Å². The van der Waals surface area contributed by atoms with Gasteiger partial charge in [-0.3, -0.25) is 0 Å². The Morgan fingerprint density at radius 1 is 1.04 bits per heavy atom. The Kier molecular flexibility index (Phi) is 5.11. The molecule has 0 amide bonds. The molecule has 2 N–H and O–H groups in total. The standard InChI is InChI=1S/C21H22FNO/c1-2-24-21-11-10-18(22)13-20(21)17(14-23)12-16-8-5-7-15-6-3-4-9-19(15)16/h3-11,13,17H,2,12,14,23H2,1H3. The van der Waals surface area contributed by atoms with Crippen LogP contribution in [0.3, 0.4) is 0 Å². The van der Waals surface area contributed by atoms with E-state index in [0.29, 0.717) is 13.2 Å². The lowest BCUT2D eigenvalue weighted by molar-refractivity contribution is 0.333. The fourth-order valence-corrected chi connectivity index (χ4v) is 3.18. The molecule has 0 aliphatic carbocycles. The first-order valence-electron chi connectivity index (χ1n) is 8.32. The average molecular weight is 323 g/mol. The zero-order chi connectivity index (χ0) is 16.9. The van der Waals surface area contributed by atoms with Crippen LogP contribution in [-0.2, 0) is 6.42 Å². The molecule has 3 rings (SSSR count). The van der Waals surface area contributed by atoms with Crippen molar-refractivity contribution in [1.29, 1.82) is 0 Å². The van der Waals surface area contributed by atoms with Gasteiger partial charge in [-0.25, -0.2) is 4.39 Å². The summed E-state index contributed by atoms with van der Waals surface area (Å²) in [4.78, 5) is 0. The molecule has 0 aliphatic heterocycles. The number of ether oxygens (including phenoxy) is 1. The van der Waals surface area contributed by atoms with Crippen LogP contribution < -0.4 is 10.5 Å². The maximum atomic E-state index is 13.8. The summed E-state index contributed by atoms with van der Waals surface area (Å²) in [5, 5.41) is 2.42. The number of halogens is 1. The molecule has 0 saturated carbocycles. The number of hydrogen-bond acceptors (Lipinski definition) is 2. The van der Waals surface area contributed by atoms with Crippen molar-refractivity contribution in [2.24, 2.45) is 5.73 Å². The Hall–Kier alpha value is -2.39. The van der Waals surface area contributed by atoms with E-state index in [1.54, 1.807) is 12.1 Å². The summed E-state index contributed by atoms with van der Waals surface area (Å²) in [6.45, 7) is 2.91. The zero-order valence-corrected chi connectivity index (χ0v) is 13.8. The summed E-state index contributed by atoms with van der Waals surface area (Å²) in [6, 6.07) is 19.2. The van der Waals surface area contributed by atoms with Crippen LogP contribution in [0.2, 0.25) is 0 Å². The molecule has 1 unspecified atom stereocenters. The maximum absolute atomic E-state index is 13.8. The molecule has 3 aromatic carbocycles. The van der Waals surface area contributed by atoms with Gasteiger partial charge in [0.2, 0.25) is 0 Å². The molecule has 0 saturated heterocycles. The Morgan fingerprint density at radius 3 is 2.62 bits per heavy atom. The van der Waals surface area contributed by atoms with Gasteiger partial charge < -0.3 is 10.5 Å². The first-order valence-corrected chi connectivity index (χ1v) is 8.32. The fourth-order valence-electron chi connectivity index (χ4n) is 3.18. The van der Waals surface area contributed by atoms with Gasteiger partial charge in [0.15, 0.2) is 0 Å². The molecule has 24 heavy (non-hydrogen) atoms. The van der Waals surface area contributed by atoms with Crippen molar-refractivity contribution >= 4 is 10.8 Å². The van der Waals surface area contributed by atoms with Gasteiger partial charge in [-0.15, -0.1) is 0 Å². The van der Waals surface area contributed by atoms with Gasteiger partial charge in [0.25, 0.3) is 0 Å². The molecule has 3 aromatic rings. The van der Waals surface area contributed by atoms with Crippen LogP contribution >= 0.6 is 0 Å². The van der Waals surface area contributed by atoms with Crippen LogP contribution in [0.5, 0.6) is 5.75 Å². The molecule has 0 heterocycles. The van der Waals surface area contributed by atoms with Crippen molar-refractivity contribution in [1.82, 2.24) is 0 Å². The first-order chi connectivity index (χ1) is 11.7. The number of nitrogens with two attached hydrogens (primary N) is 1. The van der Waals surface area contributed by atoms with Crippen LogP contribution in [0.1, 0.15) is 24.0 Å². The highest BCUT2D eigenvalue weighted by molar-refractivity contribution is 5.85. The van der Waals surface area contributed by atoms with Crippen LogP contribution in [0.25, 0.3) is 10.8 Å². The maximum Gasteiger partial charge on any atom is 0.123 e. The largest absolute Gasteiger partial charge is 0.494 e. The molecule has 0 bridgehead atoms. The van der Waals surface area contributed by atoms with Crippen molar-refractivity contribution in [2.75, 3.05) is 13.2 Å². The van der Waals surface area contributed by atoms with Gasteiger partial charge in [-0.1, -0.05) is 42.5 Å². The van der Waals surface area contributed by atoms with Gasteiger partial charge in [0.1, 0.15) is 11.6 Å². The lowest BCUT2D eigenvalue weighted by Gasteiger charge is -2.20. The number of fused-ring (bicyclic) bond motifs is 1. The minimum Gasteiger partial charge on any atom is -0.494 e. The third-order valence-corrected chi connectivity index (χ3v) is 4.34. The minimum absolute atomic E-state index is 0.00746. The van der Waals surface area contributed by atoms with E-state index in [9.17, 15) is 4.39 Å². The second-order valence-electron chi connectivity index (χ2n) is 5.89. The SMILES string of the molecule is CCOc1ccc(F)cc1C(CN)Cc1cccc2ccccc12. The normalized spacial score (nSPS) is 12.3. The van der Waals surface area contributed by atoms with E-state index in [1.807, 2.05) is 19.1 Å². The first kappa shape index (κ1) is 16.5. The predicted octanol–water partition coefficient (Wildman–Crippen LogP) is 4.66. The highest BCUT2D eigenvalue weighted by Gasteiger charge is 2.18. The van der Waals surface area contributed by atoms with E-state index < -0.39 is 0 Å². The zero-order valence-electron chi connectivity index (χ0n) is 13.8. The van der Waals surface area contributed by atoms with Crippen molar-refractivity contribution in [2.45, 2.75) is 19.3 Å². The summed E-state index contributed by atoms with van der Waals surface area (Å²) in [6.07, 6.45) is 0.751.